The average molecular weight is 228 g/mol. The number of rotatable bonds is 1. The maximum atomic E-state index is 10.7. The summed E-state index contributed by atoms with van der Waals surface area (Å²) < 4.78 is 0. The van der Waals surface area contributed by atoms with Gasteiger partial charge >= 0.3 is 0 Å². The van der Waals surface area contributed by atoms with Gasteiger partial charge in [-0.1, -0.05) is 0 Å². The van der Waals surface area contributed by atoms with Crippen molar-refractivity contribution in [2.75, 3.05) is 0 Å². The highest BCUT2D eigenvalue weighted by Crippen LogP contribution is 2.29. The fourth-order valence-corrected chi connectivity index (χ4v) is 2.00. The first kappa shape index (κ1) is 9.65. The first-order valence-corrected chi connectivity index (χ1v) is 5.04. The van der Waals surface area contributed by atoms with Gasteiger partial charge in [0.1, 0.15) is 5.75 Å². The van der Waals surface area contributed by atoms with Crippen molar-refractivity contribution in [2.45, 2.75) is 0 Å². The van der Waals surface area contributed by atoms with Gasteiger partial charge < -0.3 is 10.1 Å². The molecule has 0 spiro atoms. The predicted molar refractivity (Wildman–Crippen MR) is 64.1 cm³/mol. The largest absolute Gasteiger partial charge is 0.508 e. The second kappa shape index (κ2) is 3.21. The van der Waals surface area contributed by atoms with Crippen LogP contribution in [0.2, 0.25) is 0 Å². The van der Waals surface area contributed by atoms with Crippen LogP contribution in [0.4, 0.5) is 5.69 Å². The van der Waals surface area contributed by atoms with Gasteiger partial charge in [-0.05, 0) is 18.2 Å². The summed E-state index contributed by atoms with van der Waals surface area (Å²) in [5, 5.41) is 21.9. The Morgan fingerprint density at radius 1 is 1.06 bits per heavy atom. The number of non-ortho nitro benzene ring substituents is 1. The molecule has 17 heavy (non-hydrogen) atoms. The molecule has 3 aromatic rings. The molecule has 2 aromatic carbocycles. The SMILES string of the molecule is O=[N+]([O-])c1ccc2c(c1)[nH]c1cc(O)ccc12. The molecule has 0 fully saturated rings. The Balaban J connectivity index is 2.38. The van der Waals surface area contributed by atoms with E-state index in [1.165, 1.54) is 12.1 Å². The van der Waals surface area contributed by atoms with Gasteiger partial charge in [-0.25, -0.2) is 0 Å². The topological polar surface area (TPSA) is 79.2 Å². The maximum absolute atomic E-state index is 10.7. The van der Waals surface area contributed by atoms with Crippen molar-refractivity contribution in [1.82, 2.24) is 4.98 Å². The number of nitro groups is 1. The molecule has 0 atom stereocenters. The zero-order valence-electron chi connectivity index (χ0n) is 8.68. The number of nitrogens with one attached hydrogen (secondary N) is 1. The van der Waals surface area contributed by atoms with E-state index in [1.807, 2.05) is 0 Å². The Morgan fingerprint density at radius 2 is 1.71 bits per heavy atom. The van der Waals surface area contributed by atoms with E-state index in [4.69, 9.17) is 0 Å². The first-order chi connectivity index (χ1) is 8.15. The van der Waals surface area contributed by atoms with Crippen LogP contribution in [0.3, 0.4) is 0 Å². The van der Waals surface area contributed by atoms with Crippen LogP contribution in [-0.4, -0.2) is 15.0 Å². The number of hydrogen-bond donors (Lipinski definition) is 2. The van der Waals surface area contributed by atoms with Gasteiger partial charge in [0.15, 0.2) is 0 Å². The highest BCUT2D eigenvalue weighted by Gasteiger charge is 2.10. The summed E-state index contributed by atoms with van der Waals surface area (Å²) in [6, 6.07) is 9.66. The summed E-state index contributed by atoms with van der Waals surface area (Å²) in [5.41, 5.74) is 1.51. The molecule has 1 heterocycles. The molecule has 0 unspecified atom stereocenters. The monoisotopic (exact) mass is 228 g/mol. The summed E-state index contributed by atoms with van der Waals surface area (Å²) >= 11 is 0. The molecule has 0 aliphatic carbocycles. The van der Waals surface area contributed by atoms with E-state index in [1.54, 1.807) is 24.3 Å². The summed E-state index contributed by atoms with van der Waals surface area (Å²) in [5.74, 6) is 0.165. The highest BCUT2D eigenvalue weighted by atomic mass is 16.6. The van der Waals surface area contributed by atoms with Crippen LogP contribution in [-0.2, 0) is 0 Å². The van der Waals surface area contributed by atoms with E-state index in [9.17, 15) is 15.2 Å². The number of nitrogens with zero attached hydrogens (tertiary/aromatic N) is 1. The predicted octanol–water partition coefficient (Wildman–Crippen LogP) is 2.93. The number of aromatic hydroxyl groups is 1. The molecule has 2 N–H and O–H groups in total. The van der Waals surface area contributed by atoms with E-state index >= 15 is 0 Å². The number of aromatic amines is 1. The number of phenolic OH excluding ortho intramolecular Hbond substituents is 1. The Kier molecular flexibility index (Phi) is 1.82. The molecule has 5 nitrogen and oxygen atoms in total. The van der Waals surface area contributed by atoms with Crippen LogP contribution in [0.15, 0.2) is 36.4 Å². The molecule has 0 bridgehead atoms. The fraction of sp³-hybridized carbons (Fsp3) is 0. The van der Waals surface area contributed by atoms with E-state index in [0.29, 0.717) is 5.52 Å². The third-order valence-corrected chi connectivity index (χ3v) is 2.78. The summed E-state index contributed by atoms with van der Waals surface area (Å²) in [6.45, 7) is 0. The van der Waals surface area contributed by atoms with Crippen molar-refractivity contribution in [1.29, 1.82) is 0 Å². The van der Waals surface area contributed by atoms with Gasteiger partial charge in [0, 0.05) is 29.0 Å². The van der Waals surface area contributed by atoms with E-state index < -0.39 is 4.92 Å². The number of phenols is 1. The molecular weight excluding hydrogens is 220 g/mol. The number of benzene rings is 2. The van der Waals surface area contributed by atoms with Crippen molar-refractivity contribution >= 4 is 27.5 Å². The van der Waals surface area contributed by atoms with Gasteiger partial charge in [0.2, 0.25) is 0 Å². The molecule has 84 valence electrons. The lowest BCUT2D eigenvalue weighted by Crippen LogP contribution is -1.86. The second-order valence-corrected chi connectivity index (χ2v) is 3.84. The Morgan fingerprint density at radius 3 is 2.41 bits per heavy atom. The molecule has 0 aliphatic heterocycles. The minimum Gasteiger partial charge on any atom is -0.508 e. The van der Waals surface area contributed by atoms with Gasteiger partial charge in [0.25, 0.3) is 5.69 Å². The number of fused-ring (bicyclic) bond motifs is 3. The zero-order chi connectivity index (χ0) is 12.0. The number of hydrogen-bond acceptors (Lipinski definition) is 3. The van der Waals surface area contributed by atoms with Crippen molar-refractivity contribution in [3.05, 3.63) is 46.5 Å². The van der Waals surface area contributed by atoms with Gasteiger partial charge in [-0.3, -0.25) is 10.1 Å². The number of nitro benzene ring substituents is 1. The molecule has 0 aliphatic rings. The van der Waals surface area contributed by atoms with Crippen LogP contribution in [0.1, 0.15) is 0 Å². The molecule has 0 radical (unpaired) electrons. The minimum atomic E-state index is -0.428. The normalized spacial score (nSPS) is 11.1. The van der Waals surface area contributed by atoms with Crippen molar-refractivity contribution in [2.24, 2.45) is 0 Å². The lowest BCUT2D eigenvalue weighted by molar-refractivity contribution is -0.384. The Bertz CT molecular complexity index is 746. The van der Waals surface area contributed by atoms with Gasteiger partial charge in [-0.2, -0.15) is 0 Å². The van der Waals surface area contributed by atoms with Crippen molar-refractivity contribution in [3.63, 3.8) is 0 Å². The third kappa shape index (κ3) is 1.40. The van der Waals surface area contributed by atoms with E-state index in [2.05, 4.69) is 4.98 Å². The lowest BCUT2D eigenvalue weighted by Gasteiger charge is -1.92. The third-order valence-electron chi connectivity index (χ3n) is 2.78. The van der Waals surface area contributed by atoms with Crippen LogP contribution in [0, 0.1) is 10.1 Å². The van der Waals surface area contributed by atoms with Gasteiger partial charge in [0.05, 0.1) is 16.0 Å². The molecule has 0 saturated heterocycles. The zero-order valence-corrected chi connectivity index (χ0v) is 8.68. The van der Waals surface area contributed by atoms with Gasteiger partial charge in [-0.15, -0.1) is 0 Å². The van der Waals surface area contributed by atoms with Crippen LogP contribution < -0.4 is 0 Å². The van der Waals surface area contributed by atoms with Crippen molar-refractivity contribution in [3.8, 4) is 5.75 Å². The smallest absolute Gasteiger partial charge is 0.271 e. The standard InChI is InChI=1S/C12H8N2O3/c15-8-2-4-10-9-3-1-7(14(16)17)5-11(9)13-12(10)6-8/h1-6,13,15H. The van der Waals surface area contributed by atoms with E-state index in [-0.39, 0.29) is 11.4 Å². The maximum Gasteiger partial charge on any atom is 0.271 e. The molecule has 0 amide bonds. The number of aromatic nitrogens is 1. The molecule has 3 rings (SSSR count). The summed E-state index contributed by atoms with van der Waals surface area (Å²) in [7, 11) is 0. The van der Waals surface area contributed by atoms with Crippen molar-refractivity contribution < 1.29 is 10.0 Å². The average Bonchev–Trinajstić information content (AvgIpc) is 2.64. The minimum absolute atomic E-state index is 0.0493. The first-order valence-electron chi connectivity index (χ1n) is 5.04. The summed E-state index contributed by atoms with van der Waals surface area (Å²) in [4.78, 5) is 13.3. The Hall–Kier alpha value is -2.56. The van der Waals surface area contributed by atoms with Crippen LogP contribution in [0.25, 0.3) is 21.8 Å². The van der Waals surface area contributed by atoms with Crippen LogP contribution >= 0.6 is 0 Å². The number of H-pyrrole nitrogens is 1. The quantitative estimate of drug-likeness (QED) is 0.496. The molecular formula is C12H8N2O3. The molecule has 1 aromatic heterocycles. The molecule has 0 saturated carbocycles. The van der Waals surface area contributed by atoms with Crippen LogP contribution in [0.5, 0.6) is 5.75 Å². The molecule has 5 heteroatoms. The fourth-order valence-electron chi connectivity index (χ4n) is 2.00. The lowest BCUT2D eigenvalue weighted by atomic mass is 10.1. The second-order valence-electron chi connectivity index (χ2n) is 3.84. The summed E-state index contributed by atoms with van der Waals surface area (Å²) in [6.07, 6.45) is 0. The highest BCUT2D eigenvalue weighted by molar-refractivity contribution is 6.08. The Labute approximate surface area is 95.5 Å². The van der Waals surface area contributed by atoms with E-state index in [0.717, 1.165) is 16.3 Å².